The first-order valence-electron chi connectivity index (χ1n) is 8.80. The van der Waals surface area contributed by atoms with Crippen LogP contribution in [0.1, 0.15) is 18.9 Å². The fourth-order valence-corrected chi connectivity index (χ4v) is 2.76. The second-order valence-corrected chi connectivity index (χ2v) is 6.63. The van der Waals surface area contributed by atoms with Gasteiger partial charge in [0.1, 0.15) is 17.8 Å². The maximum Gasteiger partial charge on any atom is 0.387 e. The van der Waals surface area contributed by atoms with Gasteiger partial charge in [-0.25, -0.2) is 4.79 Å². The van der Waals surface area contributed by atoms with Crippen molar-refractivity contribution in [1.82, 2.24) is 20.9 Å². The number of nitrogens with zero attached hydrogens (tertiary/aromatic N) is 1. The minimum absolute atomic E-state index is 0.0224. The average molecular weight is 412 g/mol. The summed E-state index contributed by atoms with van der Waals surface area (Å²) >= 11 is 0. The zero-order valence-electron chi connectivity index (χ0n) is 16.0. The molecule has 0 saturated carbocycles. The SMILES string of the molecule is CNC(=O)CNC(=O)CN1C(=O)N[C@](C)(CCc2ccc(OC(F)F)cc2)C1=O. The fraction of sp³-hybridized carbons (Fsp3) is 0.444. The van der Waals surface area contributed by atoms with Gasteiger partial charge in [-0.2, -0.15) is 8.78 Å². The number of amides is 5. The number of hydrogen-bond acceptors (Lipinski definition) is 5. The zero-order valence-corrected chi connectivity index (χ0v) is 16.0. The Morgan fingerprint density at radius 2 is 1.86 bits per heavy atom. The summed E-state index contributed by atoms with van der Waals surface area (Å²) in [5, 5.41) is 7.22. The Hall–Kier alpha value is -3.24. The van der Waals surface area contributed by atoms with E-state index in [0.717, 1.165) is 10.5 Å². The molecular weight excluding hydrogens is 390 g/mol. The summed E-state index contributed by atoms with van der Waals surface area (Å²) < 4.78 is 28.6. The Bertz CT molecular complexity index is 787. The summed E-state index contributed by atoms with van der Waals surface area (Å²) in [6.07, 6.45) is 0.622. The summed E-state index contributed by atoms with van der Waals surface area (Å²) in [7, 11) is 1.41. The number of ether oxygens (including phenoxy) is 1. The van der Waals surface area contributed by atoms with Crippen molar-refractivity contribution in [2.45, 2.75) is 31.9 Å². The van der Waals surface area contributed by atoms with E-state index in [4.69, 9.17) is 0 Å². The van der Waals surface area contributed by atoms with Gasteiger partial charge in [0.15, 0.2) is 0 Å². The Morgan fingerprint density at radius 1 is 1.21 bits per heavy atom. The molecule has 1 aliphatic rings. The molecule has 1 aliphatic heterocycles. The quantitative estimate of drug-likeness (QED) is 0.508. The molecule has 5 amide bonds. The van der Waals surface area contributed by atoms with Gasteiger partial charge < -0.3 is 20.7 Å². The van der Waals surface area contributed by atoms with Gasteiger partial charge in [-0.3, -0.25) is 19.3 Å². The van der Waals surface area contributed by atoms with Crippen LogP contribution in [0, 0.1) is 0 Å². The van der Waals surface area contributed by atoms with E-state index in [1.54, 1.807) is 19.1 Å². The number of nitrogens with one attached hydrogen (secondary N) is 3. The van der Waals surface area contributed by atoms with E-state index in [1.807, 2.05) is 0 Å². The predicted molar refractivity (Wildman–Crippen MR) is 97.1 cm³/mol. The lowest BCUT2D eigenvalue weighted by Crippen LogP contribution is -2.46. The first-order valence-corrected chi connectivity index (χ1v) is 8.80. The smallest absolute Gasteiger partial charge is 0.387 e. The third-order valence-corrected chi connectivity index (χ3v) is 4.43. The van der Waals surface area contributed by atoms with Gasteiger partial charge in [-0.1, -0.05) is 12.1 Å². The average Bonchev–Trinajstić information content (AvgIpc) is 2.88. The zero-order chi connectivity index (χ0) is 21.6. The summed E-state index contributed by atoms with van der Waals surface area (Å²) in [6.45, 7) is -2.13. The molecule has 0 bridgehead atoms. The van der Waals surface area contributed by atoms with Crippen molar-refractivity contribution in [3.63, 3.8) is 0 Å². The number of benzene rings is 1. The fourth-order valence-electron chi connectivity index (χ4n) is 2.76. The molecule has 0 spiro atoms. The summed E-state index contributed by atoms with van der Waals surface area (Å²) in [5.41, 5.74) is -0.451. The van der Waals surface area contributed by atoms with E-state index in [2.05, 4.69) is 20.7 Å². The molecule has 29 heavy (non-hydrogen) atoms. The van der Waals surface area contributed by atoms with E-state index in [1.165, 1.54) is 19.2 Å². The number of aryl methyl sites for hydroxylation is 1. The first-order chi connectivity index (χ1) is 13.6. The molecule has 1 aromatic rings. The molecule has 9 nitrogen and oxygen atoms in total. The Morgan fingerprint density at radius 3 is 2.45 bits per heavy atom. The maximum absolute atomic E-state index is 12.6. The standard InChI is InChI=1S/C18H22F2N4O5/c1-18(8-7-11-3-5-12(6-4-11)29-16(19)20)15(27)24(17(28)23-18)10-14(26)22-9-13(25)21-2/h3-6,16H,7-10H2,1-2H3,(H,21,25)(H,22,26)(H,23,28)/t18-/m1/s1. The van der Waals surface area contributed by atoms with Gasteiger partial charge >= 0.3 is 12.6 Å². The van der Waals surface area contributed by atoms with E-state index < -0.39 is 42.4 Å². The van der Waals surface area contributed by atoms with Crippen LogP contribution < -0.4 is 20.7 Å². The van der Waals surface area contributed by atoms with Gasteiger partial charge in [0.05, 0.1) is 6.54 Å². The highest BCUT2D eigenvalue weighted by Crippen LogP contribution is 2.24. The lowest BCUT2D eigenvalue weighted by molar-refractivity contribution is -0.135. The van der Waals surface area contributed by atoms with Crippen molar-refractivity contribution in [2.75, 3.05) is 20.1 Å². The van der Waals surface area contributed by atoms with Crippen LogP contribution in [0.2, 0.25) is 0 Å². The molecule has 0 aromatic heterocycles. The molecule has 0 radical (unpaired) electrons. The third kappa shape index (κ3) is 5.87. The maximum atomic E-state index is 12.6. The van der Waals surface area contributed by atoms with E-state index in [0.29, 0.717) is 6.42 Å². The summed E-state index contributed by atoms with van der Waals surface area (Å²) in [4.78, 5) is 48.6. The van der Waals surface area contributed by atoms with Gasteiger partial charge in [-0.05, 0) is 37.5 Å². The van der Waals surface area contributed by atoms with E-state index in [-0.39, 0.29) is 18.7 Å². The highest BCUT2D eigenvalue weighted by atomic mass is 19.3. The summed E-state index contributed by atoms with van der Waals surface area (Å²) in [6, 6.07) is 5.26. The van der Waals surface area contributed by atoms with E-state index in [9.17, 15) is 28.0 Å². The first kappa shape index (κ1) is 22.1. The molecule has 1 fully saturated rings. The number of hydrogen-bond donors (Lipinski definition) is 3. The second-order valence-electron chi connectivity index (χ2n) is 6.63. The number of rotatable bonds is 9. The molecule has 1 aromatic carbocycles. The van der Waals surface area contributed by atoms with Crippen LogP contribution in [0.15, 0.2) is 24.3 Å². The number of urea groups is 1. The second kappa shape index (κ2) is 9.30. The lowest BCUT2D eigenvalue weighted by atomic mass is 9.93. The van der Waals surface area contributed by atoms with Gasteiger partial charge in [0, 0.05) is 7.05 Å². The van der Waals surface area contributed by atoms with E-state index >= 15 is 0 Å². The van der Waals surface area contributed by atoms with Crippen LogP contribution in [-0.2, 0) is 20.8 Å². The predicted octanol–water partition coefficient (Wildman–Crippen LogP) is 0.393. The number of halogens is 2. The van der Waals surface area contributed by atoms with Gasteiger partial charge in [0.2, 0.25) is 11.8 Å². The minimum atomic E-state index is -2.91. The van der Waals surface area contributed by atoms with Crippen LogP contribution in [0.25, 0.3) is 0 Å². The van der Waals surface area contributed by atoms with Crippen molar-refractivity contribution in [3.8, 4) is 5.75 Å². The Balaban J connectivity index is 1.92. The number of carbonyl (C=O) groups excluding carboxylic acids is 4. The highest BCUT2D eigenvalue weighted by molar-refractivity contribution is 6.08. The molecule has 3 N–H and O–H groups in total. The Kier molecular flexibility index (Phi) is 7.08. The van der Waals surface area contributed by atoms with Crippen LogP contribution in [0.3, 0.4) is 0 Å². The molecule has 1 atom stereocenters. The van der Waals surface area contributed by atoms with Crippen molar-refractivity contribution in [1.29, 1.82) is 0 Å². The molecule has 1 saturated heterocycles. The number of carbonyl (C=O) groups is 4. The van der Waals surface area contributed by atoms with Crippen molar-refractivity contribution >= 4 is 23.8 Å². The molecule has 158 valence electrons. The van der Waals surface area contributed by atoms with Crippen LogP contribution in [-0.4, -0.2) is 60.9 Å². The Labute approximate surface area is 165 Å². The van der Waals surface area contributed by atoms with Crippen LogP contribution in [0.4, 0.5) is 13.6 Å². The largest absolute Gasteiger partial charge is 0.435 e. The van der Waals surface area contributed by atoms with Crippen LogP contribution >= 0.6 is 0 Å². The normalized spacial score (nSPS) is 18.6. The van der Waals surface area contributed by atoms with Gasteiger partial charge in [-0.15, -0.1) is 0 Å². The molecule has 2 rings (SSSR count). The number of imide groups is 1. The topological polar surface area (TPSA) is 117 Å². The number of likely N-dealkylation sites (N-methyl/N-ethyl adjacent to an activating group) is 1. The molecule has 0 aliphatic carbocycles. The van der Waals surface area contributed by atoms with Crippen LogP contribution in [0.5, 0.6) is 5.75 Å². The van der Waals surface area contributed by atoms with Gasteiger partial charge in [0.25, 0.3) is 5.91 Å². The molecule has 11 heteroatoms. The third-order valence-electron chi connectivity index (χ3n) is 4.43. The lowest BCUT2D eigenvalue weighted by Gasteiger charge is -2.21. The summed E-state index contributed by atoms with van der Waals surface area (Å²) in [5.74, 6) is -1.59. The molecule has 0 unspecified atom stereocenters. The monoisotopic (exact) mass is 412 g/mol. The van der Waals surface area contributed by atoms with Crippen molar-refractivity contribution in [3.05, 3.63) is 29.8 Å². The highest BCUT2D eigenvalue weighted by Gasteiger charge is 2.47. The van der Waals surface area contributed by atoms with Crippen molar-refractivity contribution in [2.24, 2.45) is 0 Å². The molecular formula is C18H22F2N4O5. The minimum Gasteiger partial charge on any atom is -0.435 e. The van der Waals surface area contributed by atoms with Crippen molar-refractivity contribution < 1.29 is 32.7 Å². The molecule has 1 heterocycles. The number of alkyl halides is 2.